The van der Waals surface area contributed by atoms with Crippen LogP contribution in [0.15, 0.2) is 12.1 Å². The van der Waals surface area contributed by atoms with Crippen LogP contribution in [0.3, 0.4) is 0 Å². The van der Waals surface area contributed by atoms with E-state index in [0.29, 0.717) is 11.3 Å². The average Bonchev–Trinajstić information content (AvgIpc) is 2.70. The molecule has 0 bridgehead atoms. The topological polar surface area (TPSA) is 61.7 Å². The molecule has 0 atom stereocenters. The third kappa shape index (κ3) is 2.14. The van der Waals surface area contributed by atoms with E-state index in [9.17, 15) is 0 Å². The van der Waals surface area contributed by atoms with Crippen LogP contribution in [-0.2, 0) is 0 Å². The Morgan fingerprint density at radius 1 is 1.38 bits per heavy atom. The first-order chi connectivity index (χ1) is 7.74. The molecule has 1 aromatic heterocycles. The molecule has 0 aliphatic heterocycles. The number of hydrogen-bond acceptors (Lipinski definition) is 3. The summed E-state index contributed by atoms with van der Waals surface area (Å²) in [6.45, 7) is 5.87. The number of rotatable bonds is 1. The Morgan fingerprint density at radius 2 is 2.06 bits per heavy atom. The lowest BCUT2D eigenvalue weighted by Crippen LogP contribution is -1.86. The third-order valence-corrected chi connectivity index (χ3v) is 2.02. The van der Waals surface area contributed by atoms with Crippen LogP contribution in [0.1, 0.15) is 25.2 Å². The number of methoxy groups -OCH3 is 1. The summed E-state index contributed by atoms with van der Waals surface area (Å²) in [6.07, 6.45) is 0. The van der Waals surface area contributed by atoms with E-state index in [-0.39, 0.29) is 0 Å². The van der Waals surface area contributed by atoms with Gasteiger partial charge in [0.05, 0.1) is 24.3 Å². The second-order valence-corrected chi connectivity index (χ2v) is 3.01. The van der Waals surface area contributed by atoms with Crippen LogP contribution in [0.2, 0.25) is 0 Å². The minimum absolute atomic E-state index is 0.568. The van der Waals surface area contributed by atoms with Crippen molar-refractivity contribution in [3.63, 3.8) is 0 Å². The van der Waals surface area contributed by atoms with Crippen molar-refractivity contribution in [1.29, 1.82) is 5.26 Å². The fourth-order valence-corrected chi connectivity index (χ4v) is 1.43. The second-order valence-electron chi connectivity index (χ2n) is 3.01. The SMILES string of the molecule is CC.COc1cc(C#N)cc2[nH]c(C)nc12. The first-order valence-electron chi connectivity index (χ1n) is 5.19. The van der Waals surface area contributed by atoms with E-state index in [0.717, 1.165) is 16.9 Å². The molecule has 4 nitrogen and oxygen atoms in total. The monoisotopic (exact) mass is 217 g/mol. The summed E-state index contributed by atoms with van der Waals surface area (Å²) in [5.74, 6) is 1.44. The van der Waals surface area contributed by atoms with Crippen LogP contribution >= 0.6 is 0 Å². The van der Waals surface area contributed by atoms with Gasteiger partial charge in [-0.1, -0.05) is 13.8 Å². The minimum atomic E-state index is 0.568. The lowest BCUT2D eigenvalue weighted by atomic mass is 10.2. The number of nitrogens with one attached hydrogen (secondary N) is 1. The average molecular weight is 217 g/mol. The van der Waals surface area contributed by atoms with Crippen molar-refractivity contribution in [3.05, 3.63) is 23.5 Å². The number of benzene rings is 1. The Hall–Kier alpha value is -2.02. The maximum atomic E-state index is 8.78. The predicted octanol–water partition coefficient (Wildman–Crippen LogP) is 2.78. The molecule has 0 aliphatic rings. The molecule has 1 aromatic carbocycles. The second kappa shape index (κ2) is 5.17. The van der Waals surface area contributed by atoms with E-state index in [2.05, 4.69) is 16.0 Å². The van der Waals surface area contributed by atoms with Crippen LogP contribution in [0, 0.1) is 18.3 Å². The van der Waals surface area contributed by atoms with Crippen LogP contribution in [0.25, 0.3) is 11.0 Å². The molecular formula is C12H15N3O. The number of hydrogen-bond donors (Lipinski definition) is 1. The number of aryl methyl sites for hydroxylation is 1. The standard InChI is InChI=1S/C10H9N3O.C2H6/c1-6-12-8-3-7(5-11)4-9(14-2)10(8)13-6;1-2/h3-4H,1-2H3,(H,12,13);1-2H3. The number of aromatic amines is 1. The van der Waals surface area contributed by atoms with Gasteiger partial charge < -0.3 is 9.72 Å². The molecule has 2 aromatic rings. The van der Waals surface area contributed by atoms with Crippen molar-refractivity contribution in [1.82, 2.24) is 9.97 Å². The number of imidazole rings is 1. The zero-order valence-corrected chi connectivity index (χ0v) is 9.96. The van der Waals surface area contributed by atoms with E-state index in [4.69, 9.17) is 10.00 Å². The highest BCUT2D eigenvalue weighted by Gasteiger charge is 2.07. The quantitative estimate of drug-likeness (QED) is 0.798. The van der Waals surface area contributed by atoms with Gasteiger partial charge in [-0.05, 0) is 13.0 Å². The van der Waals surface area contributed by atoms with E-state index in [1.165, 1.54) is 0 Å². The fraction of sp³-hybridized carbons (Fsp3) is 0.333. The maximum absolute atomic E-state index is 8.78. The summed E-state index contributed by atoms with van der Waals surface area (Å²) < 4.78 is 5.15. The van der Waals surface area contributed by atoms with E-state index in [1.54, 1.807) is 19.2 Å². The van der Waals surface area contributed by atoms with Gasteiger partial charge in [-0.25, -0.2) is 4.98 Å². The Bertz CT molecular complexity index is 523. The summed E-state index contributed by atoms with van der Waals surface area (Å²) in [4.78, 5) is 7.34. The molecule has 0 unspecified atom stereocenters. The lowest BCUT2D eigenvalue weighted by molar-refractivity contribution is 0.419. The van der Waals surface area contributed by atoms with Gasteiger partial charge in [0.1, 0.15) is 17.1 Å². The van der Waals surface area contributed by atoms with Gasteiger partial charge in [-0.2, -0.15) is 5.26 Å². The van der Waals surface area contributed by atoms with E-state index >= 15 is 0 Å². The number of ether oxygens (including phenoxy) is 1. The van der Waals surface area contributed by atoms with Gasteiger partial charge in [-0.3, -0.25) is 0 Å². The van der Waals surface area contributed by atoms with Crippen LogP contribution in [0.5, 0.6) is 5.75 Å². The number of nitriles is 1. The smallest absolute Gasteiger partial charge is 0.148 e. The van der Waals surface area contributed by atoms with Crippen molar-refractivity contribution in [2.24, 2.45) is 0 Å². The molecular weight excluding hydrogens is 202 g/mol. The van der Waals surface area contributed by atoms with Crippen molar-refractivity contribution < 1.29 is 4.74 Å². The highest BCUT2D eigenvalue weighted by molar-refractivity contribution is 5.83. The molecule has 4 heteroatoms. The molecule has 1 heterocycles. The molecule has 0 saturated carbocycles. The Balaban J connectivity index is 0.000000606. The lowest BCUT2D eigenvalue weighted by Gasteiger charge is -2.00. The van der Waals surface area contributed by atoms with Crippen LogP contribution in [0.4, 0.5) is 0 Å². The number of nitrogens with zero attached hydrogens (tertiary/aromatic N) is 2. The molecule has 84 valence electrons. The normalized spacial score (nSPS) is 9.19. The molecule has 0 radical (unpaired) electrons. The highest BCUT2D eigenvalue weighted by atomic mass is 16.5. The highest BCUT2D eigenvalue weighted by Crippen LogP contribution is 2.25. The minimum Gasteiger partial charge on any atom is -0.494 e. The largest absolute Gasteiger partial charge is 0.494 e. The summed E-state index contributed by atoms with van der Waals surface area (Å²) in [5, 5.41) is 8.78. The van der Waals surface area contributed by atoms with Gasteiger partial charge in [0, 0.05) is 6.07 Å². The van der Waals surface area contributed by atoms with Gasteiger partial charge >= 0.3 is 0 Å². The Labute approximate surface area is 94.9 Å². The molecule has 0 aliphatic carbocycles. The van der Waals surface area contributed by atoms with Crippen molar-refractivity contribution in [2.45, 2.75) is 20.8 Å². The first-order valence-corrected chi connectivity index (χ1v) is 5.19. The molecule has 0 amide bonds. The zero-order valence-electron chi connectivity index (χ0n) is 9.96. The van der Waals surface area contributed by atoms with Gasteiger partial charge in [0.25, 0.3) is 0 Å². The molecule has 16 heavy (non-hydrogen) atoms. The Kier molecular flexibility index (Phi) is 3.90. The number of fused-ring (bicyclic) bond motifs is 1. The summed E-state index contributed by atoms with van der Waals surface area (Å²) >= 11 is 0. The van der Waals surface area contributed by atoms with Crippen molar-refractivity contribution in [3.8, 4) is 11.8 Å². The fourth-order valence-electron chi connectivity index (χ4n) is 1.43. The molecule has 0 spiro atoms. The maximum Gasteiger partial charge on any atom is 0.148 e. The van der Waals surface area contributed by atoms with Crippen molar-refractivity contribution >= 4 is 11.0 Å². The zero-order chi connectivity index (χ0) is 12.1. The number of aromatic nitrogens is 2. The molecule has 1 N–H and O–H groups in total. The number of H-pyrrole nitrogens is 1. The molecule has 0 fully saturated rings. The van der Waals surface area contributed by atoms with Crippen molar-refractivity contribution in [2.75, 3.05) is 7.11 Å². The molecule has 0 saturated heterocycles. The van der Waals surface area contributed by atoms with Gasteiger partial charge in [0.15, 0.2) is 0 Å². The third-order valence-electron chi connectivity index (χ3n) is 2.02. The first kappa shape index (κ1) is 12.1. The summed E-state index contributed by atoms with van der Waals surface area (Å²) in [5.41, 5.74) is 2.17. The van der Waals surface area contributed by atoms with E-state index in [1.807, 2.05) is 20.8 Å². The summed E-state index contributed by atoms with van der Waals surface area (Å²) in [7, 11) is 1.57. The molecule has 2 rings (SSSR count). The van der Waals surface area contributed by atoms with E-state index < -0.39 is 0 Å². The summed E-state index contributed by atoms with van der Waals surface area (Å²) in [6, 6.07) is 5.52. The Morgan fingerprint density at radius 3 is 2.62 bits per heavy atom. The predicted molar refractivity (Wildman–Crippen MR) is 63.4 cm³/mol. The van der Waals surface area contributed by atoms with Gasteiger partial charge in [0.2, 0.25) is 0 Å². The van der Waals surface area contributed by atoms with Crippen LogP contribution in [-0.4, -0.2) is 17.1 Å². The van der Waals surface area contributed by atoms with Crippen LogP contribution < -0.4 is 4.74 Å². The van der Waals surface area contributed by atoms with Gasteiger partial charge in [-0.15, -0.1) is 0 Å².